The summed E-state index contributed by atoms with van der Waals surface area (Å²) in [7, 11) is 1.46. The first-order chi connectivity index (χ1) is 8.13. The Bertz CT molecular complexity index is 470. The second kappa shape index (κ2) is 4.55. The van der Waals surface area contributed by atoms with Crippen molar-refractivity contribution in [2.24, 2.45) is 0 Å². The molecule has 5 heteroatoms. The Kier molecular flexibility index (Phi) is 3.10. The van der Waals surface area contributed by atoms with Crippen molar-refractivity contribution in [3.05, 3.63) is 29.3 Å². The number of benzene rings is 1. The zero-order chi connectivity index (χ0) is 12.4. The molecule has 90 valence electrons. The average molecular weight is 235 g/mol. The maximum absolute atomic E-state index is 11.7. The number of nitrogens with zero attached hydrogens (tertiary/aromatic N) is 1. The van der Waals surface area contributed by atoms with Crippen LogP contribution in [-0.2, 0) is 16.0 Å². The third-order valence-corrected chi connectivity index (χ3v) is 2.80. The fourth-order valence-electron chi connectivity index (χ4n) is 1.97. The van der Waals surface area contributed by atoms with Crippen LogP contribution >= 0.6 is 0 Å². The summed E-state index contributed by atoms with van der Waals surface area (Å²) >= 11 is 0. The average Bonchev–Trinajstić information content (AvgIpc) is 2.71. The molecule has 0 radical (unpaired) electrons. The van der Waals surface area contributed by atoms with Gasteiger partial charge in [0.05, 0.1) is 5.56 Å². The van der Waals surface area contributed by atoms with Crippen molar-refractivity contribution in [1.82, 2.24) is 0 Å². The van der Waals surface area contributed by atoms with Crippen molar-refractivity contribution >= 4 is 17.6 Å². The predicted molar refractivity (Wildman–Crippen MR) is 61.3 cm³/mol. The molecule has 0 atom stereocenters. The highest BCUT2D eigenvalue weighted by atomic mass is 16.5. The van der Waals surface area contributed by atoms with E-state index in [1.54, 1.807) is 17.0 Å². The lowest BCUT2D eigenvalue weighted by Gasteiger charge is -2.17. The standard InChI is InChI=1S/C12H13NO4/c1-17-7-11(14)13-5-4-8-2-3-9(12(15)16)6-10(8)13/h2-3,6H,4-5,7H2,1H3,(H,15,16). The molecule has 0 aromatic heterocycles. The Balaban J connectivity index is 2.32. The molecule has 17 heavy (non-hydrogen) atoms. The number of fused-ring (bicyclic) bond motifs is 1. The number of amides is 1. The molecule has 0 spiro atoms. The number of carboxylic acid groups (broad SMARTS) is 1. The molecule has 5 nitrogen and oxygen atoms in total. The number of methoxy groups -OCH3 is 1. The molecule has 0 saturated carbocycles. The summed E-state index contributed by atoms with van der Waals surface area (Å²) in [6, 6.07) is 4.86. The van der Waals surface area contributed by atoms with Gasteiger partial charge in [0.2, 0.25) is 0 Å². The van der Waals surface area contributed by atoms with E-state index < -0.39 is 5.97 Å². The quantitative estimate of drug-likeness (QED) is 0.846. The highest BCUT2D eigenvalue weighted by molar-refractivity contribution is 5.98. The lowest BCUT2D eigenvalue weighted by atomic mass is 10.1. The van der Waals surface area contributed by atoms with Crippen molar-refractivity contribution in [2.45, 2.75) is 6.42 Å². The lowest BCUT2D eigenvalue weighted by molar-refractivity contribution is -0.122. The van der Waals surface area contributed by atoms with Crippen molar-refractivity contribution < 1.29 is 19.4 Å². The van der Waals surface area contributed by atoms with Gasteiger partial charge in [0.1, 0.15) is 6.61 Å². The van der Waals surface area contributed by atoms with E-state index in [0.29, 0.717) is 12.2 Å². The molecule has 0 fully saturated rings. The van der Waals surface area contributed by atoms with Gasteiger partial charge in [-0.3, -0.25) is 4.79 Å². The Labute approximate surface area is 98.6 Å². The number of anilines is 1. The predicted octanol–water partition coefficient (Wildman–Crippen LogP) is 0.920. The maximum Gasteiger partial charge on any atom is 0.335 e. The molecule has 0 unspecified atom stereocenters. The minimum Gasteiger partial charge on any atom is -0.478 e. The van der Waals surface area contributed by atoms with Crippen LogP contribution in [0.2, 0.25) is 0 Å². The zero-order valence-electron chi connectivity index (χ0n) is 9.47. The monoisotopic (exact) mass is 235 g/mol. The fraction of sp³-hybridized carbons (Fsp3) is 0.333. The summed E-state index contributed by atoms with van der Waals surface area (Å²) in [4.78, 5) is 24.2. The van der Waals surface area contributed by atoms with E-state index in [1.807, 2.05) is 0 Å². The summed E-state index contributed by atoms with van der Waals surface area (Å²) in [5, 5.41) is 8.92. The molecule has 1 aromatic rings. The Morgan fingerprint density at radius 2 is 2.24 bits per heavy atom. The number of hydrogen-bond donors (Lipinski definition) is 1. The Morgan fingerprint density at radius 3 is 2.88 bits per heavy atom. The lowest BCUT2D eigenvalue weighted by Crippen LogP contribution is -2.32. The number of rotatable bonds is 3. The molecule has 0 aliphatic carbocycles. The van der Waals surface area contributed by atoms with Crippen LogP contribution in [0, 0.1) is 0 Å². The van der Waals surface area contributed by atoms with E-state index in [4.69, 9.17) is 9.84 Å². The van der Waals surface area contributed by atoms with Gasteiger partial charge >= 0.3 is 5.97 Å². The first-order valence-electron chi connectivity index (χ1n) is 5.29. The van der Waals surface area contributed by atoms with Gasteiger partial charge in [0, 0.05) is 19.3 Å². The molecule has 2 rings (SSSR count). The van der Waals surface area contributed by atoms with E-state index in [2.05, 4.69) is 0 Å². The normalized spacial score (nSPS) is 13.6. The third kappa shape index (κ3) is 2.14. The second-order valence-electron chi connectivity index (χ2n) is 3.88. The number of aromatic carboxylic acids is 1. The van der Waals surface area contributed by atoms with Crippen molar-refractivity contribution in [2.75, 3.05) is 25.2 Å². The van der Waals surface area contributed by atoms with E-state index in [0.717, 1.165) is 12.0 Å². The molecule has 1 aromatic carbocycles. The SMILES string of the molecule is COCC(=O)N1CCc2ccc(C(=O)O)cc21. The molecule has 1 N–H and O–H groups in total. The van der Waals surface area contributed by atoms with E-state index in [-0.39, 0.29) is 18.1 Å². The zero-order valence-corrected chi connectivity index (χ0v) is 9.47. The number of carbonyl (C=O) groups is 2. The van der Waals surface area contributed by atoms with Crippen LogP contribution < -0.4 is 4.90 Å². The molecule has 1 aliphatic rings. The van der Waals surface area contributed by atoms with Crippen molar-refractivity contribution in [3.8, 4) is 0 Å². The topological polar surface area (TPSA) is 66.8 Å². The Morgan fingerprint density at radius 1 is 1.47 bits per heavy atom. The smallest absolute Gasteiger partial charge is 0.335 e. The summed E-state index contributed by atoms with van der Waals surface area (Å²) in [6.07, 6.45) is 0.755. The van der Waals surface area contributed by atoms with Gasteiger partial charge in [0.15, 0.2) is 0 Å². The number of ether oxygens (including phenoxy) is 1. The number of carbonyl (C=O) groups excluding carboxylic acids is 1. The molecule has 0 bridgehead atoms. The first kappa shape index (κ1) is 11.6. The van der Waals surface area contributed by atoms with Crippen molar-refractivity contribution in [3.63, 3.8) is 0 Å². The van der Waals surface area contributed by atoms with Gasteiger partial charge in [-0.25, -0.2) is 4.79 Å². The summed E-state index contributed by atoms with van der Waals surface area (Å²) in [5.41, 5.74) is 1.88. The molecule has 1 amide bonds. The highest BCUT2D eigenvalue weighted by Gasteiger charge is 2.25. The number of carboxylic acids is 1. The van der Waals surface area contributed by atoms with Gasteiger partial charge in [0.25, 0.3) is 5.91 Å². The molecular formula is C12H13NO4. The minimum absolute atomic E-state index is 0.0107. The van der Waals surface area contributed by atoms with Crippen LogP contribution in [0.1, 0.15) is 15.9 Å². The minimum atomic E-state index is -0.987. The van der Waals surface area contributed by atoms with E-state index in [1.165, 1.54) is 13.2 Å². The second-order valence-corrected chi connectivity index (χ2v) is 3.88. The Hall–Kier alpha value is -1.88. The van der Waals surface area contributed by atoms with Crippen molar-refractivity contribution in [1.29, 1.82) is 0 Å². The van der Waals surface area contributed by atoms with Crippen LogP contribution in [0.25, 0.3) is 0 Å². The maximum atomic E-state index is 11.7. The summed E-state index contributed by atoms with van der Waals surface area (Å²) in [6.45, 7) is 0.595. The van der Waals surface area contributed by atoms with Crippen LogP contribution in [0.4, 0.5) is 5.69 Å². The third-order valence-electron chi connectivity index (χ3n) is 2.80. The summed E-state index contributed by atoms with van der Waals surface area (Å²) in [5.74, 6) is -1.13. The largest absolute Gasteiger partial charge is 0.478 e. The van der Waals surface area contributed by atoms with E-state index >= 15 is 0 Å². The van der Waals surface area contributed by atoms with Gasteiger partial charge < -0.3 is 14.7 Å². The van der Waals surface area contributed by atoms with Crippen LogP contribution in [0.15, 0.2) is 18.2 Å². The van der Waals surface area contributed by atoms with Gasteiger partial charge in [-0.1, -0.05) is 6.07 Å². The van der Waals surface area contributed by atoms with Gasteiger partial charge in [-0.15, -0.1) is 0 Å². The van der Waals surface area contributed by atoms with Gasteiger partial charge in [-0.05, 0) is 24.1 Å². The number of hydrogen-bond acceptors (Lipinski definition) is 3. The van der Waals surface area contributed by atoms with Crippen LogP contribution in [0.3, 0.4) is 0 Å². The molecule has 1 heterocycles. The first-order valence-corrected chi connectivity index (χ1v) is 5.29. The fourth-order valence-corrected chi connectivity index (χ4v) is 1.97. The van der Waals surface area contributed by atoms with E-state index in [9.17, 15) is 9.59 Å². The molecule has 1 aliphatic heterocycles. The van der Waals surface area contributed by atoms with Crippen LogP contribution in [-0.4, -0.2) is 37.2 Å². The summed E-state index contributed by atoms with van der Waals surface area (Å²) < 4.78 is 4.80. The van der Waals surface area contributed by atoms with Crippen LogP contribution in [0.5, 0.6) is 0 Å². The molecule has 0 saturated heterocycles. The molecular weight excluding hydrogens is 222 g/mol. The van der Waals surface area contributed by atoms with Gasteiger partial charge in [-0.2, -0.15) is 0 Å². The highest BCUT2D eigenvalue weighted by Crippen LogP contribution is 2.29.